The first-order valence-electron chi connectivity index (χ1n) is 11.0. The summed E-state index contributed by atoms with van der Waals surface area (Å²) in [6, 6.07) is 6.54. The highest BCUT2D eigenvalue weighted by molar-refractivity contribution is 6.01. The molecular formula is C22H26N8O. The number of benzene rings is 1. The minimum absolute atomic E-state index is 0.360. The van der Waals surface area contributed by atoms with Gasteiger partial charge in [0, 0.05) is 24.0 Å². The van der Waals surface area contributed by atoms with Crippen LogP contribution in [0, 0.1) is 0 Å². The van der Waals surface area contributed by atoms with Crippen molar-refractivity contribution in [2.24, 2.45) is 0 Å². The van der Waals surface area contributed by atoms with E-state index in [1.165, 1.54) is 0 Å². The van der Waals surface area contributed by atoms with Gasteiger partial charge in [0.15, 0.2) is 5.65 Å². The highest BCUT2D eigenvalue weighted by Crippen LogP contribution is 2.34. The zero-order chi connectivity index (χ0) is 20.8. The Kier molecular flexibility index (Phi) is 4.57. The number of likely N-dealkylation sites (tertiary alicyclic amines) is 1. The van der Waals surface area contributed by atoms with E-state index in [9.17, 15) is 0 Å². The highest BCUT2D eigenvalue weighted by atomic mass is 16.5. The second-order valence-electron chi connectivity index (χ2n) is 8.47. The number of hydrogen-bond donors (Lipinski definition) is 1. The van der Waals surface area contributed by atoms with Crippen LogP contribution >= 0.6 is 0 Å². The van der Waals surface area contributed by atoms with E-state index in [1.54, 1.807) is 0 Å². The van der Waals surface area contributed by atoms with Crippen molar-refractivity contribution in [3.8, 4) is 11.3 Å². The van der Waals surface area contributed by atoms with E-state index in [1.807, 2.05) is 24.5 Å². The summed E-state index contributed by atoms with van der Waals surface area (Å²) < 4.78 is 7.68. The van der Waals surface area contributed by atoms with Gasteiger partial charge in [0.1, 0.15) is 0 Å². The third-order valence-electron chi connectivity index (χ3n) is 6.51. The van der Waals surface area contributed by atoms with E-state index >= 15 is 0 Å². The van der Waals surface area contributed by atoms with Crippen molar-refractivity contribution < 1.29 is 4.74 Å². The molecule has 2 aliphatic rings. The van der Waals surface area contributed by atoms with Gasteiger partial charge in [0.05, 0.1) is 48.2 Å². The molecule has 160 valence electrons. The Morgan fingerprint density at radius 3 is 2.68 bits per heavy atom. The lowest BCUT2D eigenvalue weighted by molar-refractivity contribution is 0.122. The minimum Gasteiger partial charge on any atom is -0.378 e. The minimum atomic E-state index is 0.360. The number of nitrogens with zero attached hydrogens (tertiary/aromatic N) is 7. The van der Waals surface area contributed by atoms with Crippen molar-refractivity contribution in [3.05, 3.63) is 30.6 Å². The first kappa shape index (κ1) is 18.7. The Bertz CT molecular complexity index is 1220. The smallest absolute Gasteiger partial charge is 0.228 e. The quantitative estimate of drug-likeness (QED) is 0.547. The highest BCUT2D eigenvalue weighted by Gasteiger charge is 2.25. The molecule has 31 heavy (non-hydrogen) atoms. The molecule has 9 nitrogen and oxygen atoms in total. The molecule has 1 N–H and O–H groups in total. The number of nitrogens with one attached hydrogen (secondary N) is 1. The first-order chi connectivity index (χ1) is 15.3. The van der Waals surface area contributed by atoms with E-state index in [2.05, 4.69) is 37.8 Å². The Hall–Kier alpha value is -3.04. The Labute approximate surface area is 180 Å². The number of morpholine rings is 1. The molecule has 9 heteroatoms. The van der Waals surface area contributed by atoms with Gasteiger partial charge in [0.25, 0.3) is 0 Å². The number of piperidine rings is 1. The molecule has 3 aromatic heterocycles. The fraction of sp³-hybridized carbons (Fsp3) is 0.455. The van der Waals surface area contributed by atoms with Crippen LogP contribution in [0.15, 0.2) is 30.6 Å². The summed E-state index contributed by atoms with van der Waals surface area (Å²) >= 11 is 0. The molecule has 0 aliphatic carbocycles. The molecule has 0 spiro atoms. The van der Waals surface area contributed by atoms with Gasteiger partial charge in [-0.05, 0) is 39.0 Å². The molecule has 2 saturated heterocycles. The molecule has 0 radical (unpaired) electrons. The third-order valence-corrected chi connectivity index (χ3v) is 6.51. The van der Waals surface area contributed by atoms with Crippen LogP contribution in [0.25, 0.3) is 33.2 Å². The van der Waals surface area contributed by atoms with Gasteiger partial charge in [-0.25, -0.2) is 9.67 Å². The van der Waals surface area contributed by atoms with Crippen LogP contribution in [-0.2, 0) is 4.74 Å². The summed E-state index contributed by atoms with van der Waals surface area (Å²) in [6.45, 7) is 5.14. The van der Waals surface area contributed by atoms with Gasteiger partial charge in [-0.15, -0.1) is 0 Å². The average molecular weight is 419 g/mol. The Balaban J connectivity index is 1.54. The fourth-order valence-corrected chi connectivity index (χ4v) is 4.71. The van der Waals surface area contributed by atoms with Crippen molar-refractivity contribution in [2.45, 2.75) is 18.9 Å². The Morgan fingerprint density at radius 1 is 1.00 bits per heavy atom. The molecule has 0 bridgehead atoms. The molecular weight excluding hydrogens is 392 g/mol. The molecule has 5 heterocycles. The van der Waals surface area contributed by atoms with E-state index in [0.717, 1.165) is 78.2 Å². The summed E-state index contributed by atoms with van der Waals surface area (Å²) in [5.41, 5.74) is 3.88. The van der Waals surface area contributed by atoms with Crippen LogP contribution in [0.3, 0.4) is 0 Å². The van der Waals surface area contributed by atoms with E-state index in [-0.39, 0.29) is 0 Å². The lowest BCUT2D eigenvalue weighted by atomic mass is 10.0. The molecule has 1 aromatic carbocycles. The van der Waals surface area contributed by atoms with Crippen molar-refractivity contribution in [3.63, 3.8) is 0 Å². The van der Waals surface area contributed by atoms with Crippen LogP contribution in [-0.4, -0.2) is 81.3 Å². The predicted molar refractivity (Wildman–Crippen MR) is 119 cm³/mol. The molecule has 4 aromatic rings. The maximum Gasteiger partial charge on any atom is 0.228 e. The number of fused-ring (bicyclic) bond motifs is 2. The zero-order valence-electron chi connectivity index (χ0n) is 17.7. The number of ether oxygens (including phenoxy) is 1. The topological polar surface area (TPSA) is 88.0 Å². The Morgan fingerprint density at radius 2 is 1.84 bits per heavy atom. The predicted octanol–water partition coefficient (Wildman–Crippen LogP) is 2.47. The fourth-order valence-electron chi connectivity index (χ4n) is 4.71. The number of H-pyrrole nitrogens is 1. The second kappa shape index (κ2) is 7.58. The van der Waals surface area contributed by atoms with E-state index < -0.39 is 0 Å². The largest absolute Gasteiger partial charge is 0.378 e. The van der Waals surface area contributed by atoms with Gasteiger partial charge in [-0.3, -0.25) is 5.10 Å². The molecule has 0 atom stereocenters. The SMILES string of the molecule is CN1CCC(n2ncc3c(-c4cccc5[nH]ncc45)nc(N4CCOCC4)nc32)CC1. The second-order valence-corrected chi connectivity index (χ2v) is 8.47. The van der Waals surface area contributed by atoms with Crippen LogP contribution in [0.2, 0.25) is 0 Å². The van der Waals surface area contributed by atoms with Gasteiger partial charge in [0.2, 0.25) is 5.95 Å². The normalized spacial score (nSPS) is 18.9. The summed E-state index contributed by atoms with van der Waals surface area (Å²) in [5, 5.41) is 14.2. The number of aromatic nitrogens is 6. The van der Waals surface area contributed by atoms with Crippen molar-refractivity contribution >= 4 is 27.9 Å². The summed E-state index contributed by atoms with van der Waals surface area (Å²) in [7, 11) is 2.18. The maximum absolute atomic E-state index is 5.55. The zero-order valence-corrected chi connectivity index (χ0v) is 17.7. The van der Waals surface area contributed by atoms with Crippen LogP contribution in [0.4, 0.5) is 5.95 Å². The molecule has 2 aliphatic heterocycles. The average Bonchev–Trinajstić information content (AvgIpc) is 3.47. The molecule has 0 saturated carbocycles. The number of anilines is 1. The summed E-state index contributed by atoms with van der Waals surface area (Å²) in [6.07, 6.45) is 5.97. The molecule has 6 rings (SSSR count). The monoisotopic (exact) mass is 418 g/mol. The number of hydrogen-bond acceptors (Lipinski definition) is 7. The van der Waals surface area contributed by atoms with Gasteiger partial charge in [-0.1, -0.05) is 12.1 Å². The molecule has 0 amide bonds. The summed E-state index contributed by atoms with van der Waals surface area (Å²) in [5.74, 6) is 0.751. The van der Waals surface area contributed by atoms with Crippen LogP contribution < -0.4 is 4.90 Å². The summed E-state index contributed by atoms with van der Waals surface area (Å²) in [4.78, 5) is 14.7. The lowest BCUT2D eigenvalue weighted by Gasteiger charge is -2.30. The van der Waals surface area contributed by atoms with Gasteiger partial charge in [-0.2, -0.15) is 15.2 Å². The van der Waals surface area contributed by atoms with Gasteiger partial charge < -0.3 is 14.5 Å². The third kappa shape index (κ3) is 3.24. The van der Waals surface area contributed by atoms with E-state index in [4.69, 9.17) is 19.8 Å². The van der Waals surface area contributed by atoms with Crippen molar-refractivity contribution in [2.75, 3.05) is 51.3 Å². The molecule has 2 fully saturated rings. The van der Waals surface area contributed by atoms with Crippen LogP contribution in [0.1, 0.15) is 18.9 Å². The molecule has 0 unspecified atom stereocenters. The number of rotatable bonds is 3. The first-order valence-corrected chi connectivity index (χ1v) is 11.0. The van der Waals surface area contributed by atoms with E-state index in [0.29, 0.717) is 19.3 Å². The number of aromatic amines is 1. The van der Waals surface area contributed by atoms with Gasteiger partial charge >= 0.3 is 0 Å². The standard InChI is InChI=1S/C22H26N8O/c1-28-7-5-15(6-8-28)30-21-18(14-24-30)20(16-3-2-4-19-17(16)13-23-27-19)25-22(26-21)29-9-11-31-12-10-29/h2-4,13-15H,5-12H2,1H3,(H,23,27). The van der Waals surface area contributed by atoms with Crippen molar-refractivity contribution in [1.29, 1.82) is 0 Å². The maximum atomic E-state index is 5.55. The lowest BCUT2D eigenvalue weighted by Crippen LogP contribution is -2.37. The van der Waals surface area contributed by atoms with Crippen molar-refractivity contribution in [1.82, 2.24) is 34.8 Å². The van der Waals surface area contributed by atoms with Crippen LogP contribution in [0.5, 0.6) is 0 Å².